The molecule has 0 saturated carbocycles. The third-order valence-corrected chi connectivity index (χ3v) is 4.28. The number of rotatable bonds is 7. The van der Waals surface area contributed by atoms with Gasteiger partial charge in [-0.1, -0.05) is 17.7 Å². The lowest BCUT2D eigenvalue weighted by atomic mass is 10.2. The Morgan fingerprint density at radius 1 is 1.25 bits per heavy atom. The van der Waals surface area contributed by atoms with Gasteiger partial charge in [-0.05, 0) is 44.8 Å². The average molecular weight is 289 g/mol. The quantitative estimate of drug-likeness (QED) is 0.576. The highest BCUT2D eigenvalue weighted by atomic mass is 32.2. The van der Waals surface area contributed by atoms with Gasteiger partial charge < -0.3 is 4.90 Å². The van der Waals surface area contributed by atoms with Crippen LogP contribution in [0.3, 0.4) is 0 Å². The Balaban J connectivity index is 1.64. The summed E-state index contributed by atoms with van der Waals surface area (Å²) in [5.74, 6) is 1.17. The van der Waals surface area contributed by atoms with Crippen LogP contribution in [0.1, 0.15) is 17.5 Å². The van der Waals surface area contributed by atoms with Crippen molar-refractivity contribution in [1.29, 1.82) is 0 Å². The number of aromatic nitrogens is 2. The fourth-order valence-corrected chi connectivity index (χ4v) is 2.94. The van der Waals surface area contributed by atoms with Gasteiger partial charge in [0, 0.05) is 30.2 Å². The lowest BCUT2D eigenvalue weighted by Gasteiger charge is -2.15. The van der Waals surface area contributed by atoms with Crippen molar-refractivity contribution in [3.8, 4) is 0 Å². The molecule has 0 aliphatic rings. The number of nitrogens with zero attached hydrogens (tertiary/aromatic N) is 3. The van der Waals surface area contributed by atoms with Gasteiger partial charge in [0.05, 0.1) is 6.20 Å². The Labute approximate surface area is 126 Å². The van der Waals surface area contributed by atoms with Crippen LogP contribution >= 0.6 is 11.8 Å². The maximum Gasteiger partial charge on any atom is 0.0534 e. The van der Waals surface area contributed by atoms with E-state index in [1.165, 1.54) is 28.2 Å². The minimum atomic E-state index is 0.975. The van der Waals surface area contributed by atoms with Crippen LogP contribution in [0.4, 0.5) is 0 Å². The van der Waals surface area contributed by atoms with Crippen LogP contribution in [-0.2, 0) is 13.6 Å². The molecular weight excluding hydrogens is 266 g/mol. The van der Waals surface area contributed by atoms with Crippen LogP contribution < -0.4 is 0 Å². The third-order valence-electron chi connectivity index (χ3n) is 3.18. The molecule has 0 saturated heterocycles. The molecule has 0 N–H and O–H groups in total. The summed E-state index contributed by atoms with van der Waals surface area (Å²) in [4.78, 5) is 3.72. The summed E-state index contributed by atoms with van der Waals surface area (Å²) >= 11 is 1.94. The second kappa shape index (κ2) is 7.50. The molecule has 0 aliphatic heterocycles. The molecule has 20 heavy (non-hydrogen) atoms. The van der Waals surface area contributed by atoms with E-state index in [9.17, 15) is 0 Å². The Morgan fingerprint density at radius 2 is 2.00 bits per heavy atom. The van der Waals surface area contributed by atoms with Crippen molar-refractivity contribution < 1.29 is 0 Å². The van der Waals surface area contributed by atoms with Crippen LogP contribution in [0.5, 0.6) is 0 Å². The van der Waals surface area contributed by atoms with Crippen molar-refractivity contribution in [3.63, 3.8) is 0 Å². The van der Waals surface area contributed by atoms with Gasteiger partial charge in [0.2, 0.25) is 0 Å². The predicted molar refractivity (Wildman–Crippen MR) is 86.1 cm³/mol. The van der Waals surface area contributed by atoms with Crippen LogP contribution in [0.2, 0.25) is 0 Å². The largest absolute Gasteiger partial charge is 0.302 e. The van der Waals surface area contributed by atoms with Crippen LogP contribution in [-0.4, -0.2) is 34.0 Å². The highest BCUT2D eigenvalue weighted by molar-refractivity contribution is 7.99. The van der Waals surface area contributed by atoms with Crippen molar-refractivity contribution in [2.45, 2.75) is 24.8 Å². The molecule has 0 spiro atoms. The van der Waals surface area contributed by atoms with Crippen molar-refractivity contribution in [2.75, 3.05) is 19.3 Å². The van der Waals surface area contributed by atoms with Crippen molar-refractivity contribution >= 4 is 11.8 Å². The minimum Gasteiger partial charge on any atom is -0.302 e. The van der Waals surface area contributed by atoms with Crippen molar-refractivity contribution in [1.82, 2.24) is 14.7 Å². The van der Waals surface area contributed by atoms with Gasteiger partial charge in [0.15, 0.2) is 0 Å². The first-order valence-corrected chi connectivity index (χ1v) is 7.97. The van der Waals surface area contributed by atoms with E-state index in [1.807, 2.05) is 29.7 Å². The second-order valence-electron chi connectivity index (χ2n) is 5.28. The highest BCUT2D eigenvalue weighted by Gasteiger charge is 2.02. The van der Waals surface area contributed by atoms with Crippen LogP contribution in [0.15, 0.2) is 41.6 Å². The molecule has 1 heterocycles. The zero-order valence-electron chi connectivity index (χ0n) is 12.5. The van der Waals surface area contributed by atoms with E-state index in [0.717, 1.165) is 13.1 Å². The second-order valence-corrected chi connectivity index (χ2v) is 6.44. The fourth-order valence-electron chi connectivity index (χ4n) is 2.10. The molecule has 0 unspecified atom stereocenters. The lowest BCUT2D eigenvalue weighted by molar-refractivity contribution is 0.328. The Kier molecular flexibility index (Phi) is 5.68. The standard InChI is InChI=1S/C16H23N3S/c1-14-5-7-16(8-6-14)20-10-4-9-18(2)12-15-11-17-19(3)13-15/h5-8,11,13H,4,9-10,12H2,1-3H3. The summed E-state index contributed by atoms with van der Waals surface area (Å²) in [6.45, 7) is 4.22. The molecule has 2 aromatic rings. The van der Waals surface area contributed by atoms with E-state index < -0.39 is 0 Å². The molecular formula is C16H23N3S. The number of thioether (sulfide) groups is 1. The monoisotopic (exact) mass is 289 g/mol. The van der Waals surface area contributed by atoms with Crippen molar-refractivity contribution in [2.24, 2.45) is 7.05 Å². The van der Waals surface area contributed by atoms with E-state index in [0.29, 0.717) is 0 Å². The summed E-state index contributed by atoms with van der Waals surface area (Å²) < 4.78 is 1.86. The first-order valence-electron chi connectivity index (χ1n) is 6.99. The summed E-state index contributed by atoms with van der Waals surface area (Å²) in [5.41, 5.74) is 2.60. The van der Waals surface area contributed by atoms with Gasteiger partial charge in [0.1, 0.15) is 0 Å². The van der Waals surface area contributed by atoms with Crippen molar-refractivity contribution in [3.05, 3.63) is 47.8 Å². The minimum absolute atomic E-state index is 0.975. The number of aryl methyl sites for hydroxylation is 2. The maximum absolute atomic E-state index is 4.20. The topological polar surface area (TPSA) is 21.1 Å². The SMILES string of the molecule is Cc1ccc(SCCCN(C)Cc2cnn(C)c2)cc1. The van der Waals surface area contributed by atoms with Gasteiger partial charge in [-0.3, -0.25) is 4.68 Å². The molecule has 0 fully saturated rings. The normalized spacial score (nSPS) is 11.2. The Hall–Kier alpha value is -1.26. The summed E-state index contributed by atoms with van der Waals surface area (Å²) in [6.07, 6.45) is 5.23. The molecule has 2 rings (SSSR count). The van der Waals surface area contributed by atoms with Gasteiger partial charge in [-0.2, -0.15) is 5.10 Å². The maximum atomic E-state index is 4.20. The third kappa shape index (κ3) is 5.02. The number of benzene rings is 1. The number of hydrogen-bond donors (Lipinski definition) is 0. The van der Waals surface area contributed by atoms with E-state index in [1.54, 1.807) is 0 Å². The fraction of sp³-hybridized carbons (Fsp3) is 0.438. The summed E-state index contributed by atoms with van der Waals surface area (Å²) in [6, 6.07) is 8.77. The molecule has 0 bridgehead atoms. The first kappa shape index (κ1) is 15.1. The Bertz CT molecular complexity index is 519. The smallest absolute Gasteiger partial charge is 0.0534 e. The van der Waals surface area contributed by atoms with E-state index in [2.05, 4.69) is 54.4 Å². The molecule has 1 aromatic heterocycles. The van der Waals surface area contributed by atoms with Gasteiger partial charge in [0.25, 0.3) is 0 Å². The van der Waals surface area contributed by atoms with Gasteiger partial charge in [-0.15, -0.1) is 11.8 Å². The summed E-state index contributed by atoms with van der Waals surface area (Å²) in [5, 5.41) is 4.20. The van der Waals surface area contributed by atoms with Crippen LogP contribution in [0, 0.1) is 6.92 Å². The highest BCUT2D eigenvalue weighted by Crippen LogP contribution is 2.19. The van der Waals surface area contributed by atoms with E-state index >= 15 is 0 Å². The molecule has 0 aliphatic carbocycles. The van der Waals surface area contributed by atoms with Gasteiger partial charge >= 0.3 is 0 Å². The average Bonchev–Trinajstić information content (AvgIpc) is 2.82. The first-order chi connectivity index (χ1) is 9.63. The van der Waals surface area contributed by atoms with Crippen LogP contribution in [0.25, 0.3) is 0 Å². The molecule has 108 valence electrons. The lowest BCUT2D eigenvalue weighted by Crippen LogP contribution is -2.19. The molecule has 0 radical (unpaired) electrons. The molecule has 4 heteroatoms. The molecule has 0 amide bonds. The van der Waals surface area contributed by atoms with E-state index in [-0.39, 0.29) is 0 Å². The molecule has 1 aromatic carbocycles. The zero-order chi connectivity index (χ0) is 14.4. The molecule has 0 atom stereocenters. The van der Waals surface area contributed by atoms with Gasteiger partial charge in [-0.25, -0.2) is 0 Å². The number of hydrogen-bond acceptors (Lipinski definition) is 3. The van der Waals surface area contributed by atoms with E-state index in [4.69, 9.17) is 0 Å². The zero-order valence-corrected chi connectivity index (χ0v) is 13.4. The molecule has 3 nitrogen and oxygen atoms in total. The summed E-state index contributed by atoms with van der Waals surface area (Å²) in [7, 11) is 4.13. The Morgan fingerprint density at radius 3 is 2.65 bits per heavy atom. The predicted octanol–water partition coefficient (Wildman–Crippen LogP) is 3.34.